The van der Waals surface area contributed by atoms with Crippen LogP contribution in [0.1, 0.15) is 5.56 Å². The average Bonchev–Trinajstić information content (AvgIpc) is 1.85. The van der Waals surface area contributed by atoms with Crippen LogP contribution >= 0.6 is 14.8 Å². The third-order valence-electron chi connectivity index (χ3n) is 0.940. The maximum atomic E-state index is 9.10. The highest BCUT2D eigenvalue weighted by Crippen LogP contribution is 1.92. The maximum absolute atomic E-state index is 9.10. The molecule has 0 saturated carbocycles. The molecule has 0 atom stereocenters. The fourth-order valence-electron chi connectivity index (χ4n) is 0.534. The van der Waals surface area contributed by atoms with Crippen molar-refractivity contribution in [2.75, 3.05) is 0 Å². The first kappa shape index (κ1) is 11.6. The van der Waals surface area contributed by atoms with Crippen LogP contribution in [-0.2, 0) is 8.55 Å². The Kier molecular flexibility index (Phi) is 5.12. The fraction of sp³-hybridized carbons (Fsp3) is 0.143. The average molecular weight is 253 g/mol. The molecule has 0 fully saturated rings. The van der Waals surface area contributed by atoms with Crippen molar-refractivity contribution >= 4 is 23.4 Å². The third kappa shape index (κ3) is 12.3. The van der Waals surface area contributed by atoms with Crippen molar-refractivity contribution in [1.29, 1.82) is 0 Å². The first-order valence-electron chi connectivity index (χ1n) is 3.08. The van der Waals surface area contributed by atoms with E-state index in [0.29, 0.717) is 0 Å². The van der Waals surface area contributed by atoms with Crippen LogP contribution in [0.3, 0.4) is 0 Å². The molecule has 0 aromatic heterocycles. The Morgan fingerprint density at radius 1 is 1.25 bits per heavy atom. The van der Waals surface area contributed by atoms with Gasteiger partial charge in [0.05, 0.1) is 14.8 Å². The van der Waals surface area contributed by atoms with E-state index in [9.17, 15) is 0 Å². The second kappa shape index (κ2) is 5.29. The van der Waals surface area contributed by atoms with Gasteiger partial charge < -0.3 is 0 Å². The first-order valence-corrected chi connectivity index (χ1v) is 6.36. The quantitative estimate of drug-likeness (QED) is 0.569. The molecule has 1 aromatic carbocycles. The van der Waals surface area contributed by atoms with Gasteiger partial charge in [0, 0.05) is 0 Å². The molecular formula is C7H9BrO3S. The molecule has 1 aromatic rings. The second-order valence-electron chi connectivity index (χ2n) is 2.07. The summed E-state index contributed by atoms with van der Waals surface area (Å²) in [6.45, 7) is 2.08. The van der Waals surface area contributed by atoms with Gasteiger partial charge in [0.25, 0.3) is 0 Å². The zero-order chi connectivity index (χ0) is 9.61. The molecule has 1 rings (SSSR count). The summed E-state index contributed by atoms with van der Waals surface area (Å²) < 4.78 is 25.6. The summed E-state index contributed by atoms with van der Waals surface area (Å²) in [5, 5.41) is 0. The molecule has 0 aliphatic rings. The van der Waals surface area contributed by atoms with Crippen LogP contribution in [0.2, 0.25) is 0 Å². The SMILES string of the molecule is Cc1ccccc1.O=S(=O)(O)Br. The van der Waals surface area contributed by atoms with Crippen LogP contribution in [0, 0.1) is 6.92 Å². The van der Waals surface area contributed by atoms with Crippen LogP contribution in [-0.4, -0.2) is 13.0 Å². The summed E-state index contributed by atoms with van der Waals surface area (Å²) in [4.78, 5) is 0. The first-order chi connectivity index (χ1) is 5.39. The number of hydrogen-bond acceptors (Lipinski definition) is 2. The summed E-state index contributed by atoms with van der Waals surface area (Å²) in [7, 11) is -3.85. The number of halogens is 1. The highest BCUT2D eigenvalue weighted by Gasteiger charge is 1.85. The van der Waals surface area contributed by atoms with Crippen LogP contribution in [0.5, 0.6) is 0 Å². The molecular weight excluding hydrogens is 244 g/mol. The largest absolute Gasteiger partial charge is 0.326 e. The molecule has 3 nitrogen and oxygen atoms in total. The van der Waals surface area contributed by atoms with Gasteiger partial charge in [-0.15, -0.1) is 0 Å². The molecule has 1 N–H and O–H groups in total. The molecule has 0 aliphatic heterocycles. The van der Waals surface area contributed by atoms with E-state index in [-0.39, 0.29) is 0 Å². The molecule has 0 aliphatic carbocycles. The zero-order valence-corrected chi connectivity index (χ0v) is 8.84. The van der Waals surface area contributed by atoms with E-state index in [2.05, 4.69) is 19.1 Å². The molecule has 0 spiro atoms. The molecule has 0 amide bonds. The van der Waals surface area contributed by atoms with E-state index in [1.54, 1.807) is 0 Å². The smallest absolute Gasteiger partial charge is 0.277 e. The minimum absolute atomic E-state index is 1.32. The van der Waals surface area contributed by atoms with Crippen LogP contribution < -0.4 is 0 Å². The summed E-state index contributed by atoms with van der Waals surface area (Å²) in [5.74, 6) is 0. The van der Waals surface area contributed by atoms with Crippen molar-refractivity contribution < 1.29 is 13.0 Å². The van der Waals surface area contributed by atoms with Crippen LogP contribution in [0.25, 0.3) is 0 Å². The Morgan fingerprint density at radius 3 is 1.75 bits per heavy atom. The Balaban J connectivity index is 0.000000217. The van der Waals surface area contributed by atoms with Gasteiger partial charge in [-0.1, -0.05) is 35.9 Å². The Hall–Kier alpha value is -0.390. The molecule has 0 heterocycles. The summed E-state index contributed by atoms with van der Waals surface area (Å²) >= 11 is 1.90. The predicted octanol–water partition coefficient (Wildman–Crippen LogP) is 2.18. The standard InChI is InChI=1S/C7H8.BrHO3S/c1-7-5-3-2-4-6-7;1-5(2,3)4/h2-6H,1H3;(H,2,3,4). The van der Waals surface area contributed by atoms with Gasteiger partial charge in [-0.3, -0.25) is 4.55 Å². The van der Waals surface area contributed by atoms with Crippen molar-refractivity contribution in [3.05, 3.63) is 35.9 Å². The topological polar surface area (TPSA) is 54.4 Å². The predicted molar refractivity (Wildman–Crippen MR) is 51.7 cm³/mol. The van der Waals surface area contributed by atoms with E-state index in [1.165, 1.54) is 5.56 Å². The van der Waals surface area contributed by atoms with Gasteiger partial charge in [-0.2, -0.15) is 8.42 Å². The molecule has 0 radical (unpaired) electrons. The molecule has 5 heteroatoms. The molecule has 0 saturated heterocycles. The van der Waals surface area contributed by atoms with Crippen LogP contribution in [0.15, 0.2) is 30.3 Å². The van der Waals surface area contributed by atoms with E-state index < -0.39 is 8.55 Å². The van der Waals surface area contributed by atoms with E-state index in [1.807, 2.05) is 33.0 Å². The fourth-order valence-corrected chi connectivity index (χ4v) is 0.534. The highest BCUT2D eigenvalue weighted by atomic mass is 79.9. The van der Waals surface area contributed by atoms with Gasteiger partial charge in [0.15, 0.2) is 0 Å². The van der Waals surface area contributed by atoms with Gasteiger partial charge >= 0.3 is 8.55 Å². The van der Waals surface area contributed by atoms with Crippen molar-refractivity contribution in [3.8, 4) is 0 Å². The minimum Gasteiger partial charge on any atom is -0.277 e. The lowest BCUT2D eigenvalue weighted by molar-refractivity contribution is 0.504. The van der Waals surface area contributed by atoms with Crippen molar-refractivity contribution in [2.45, 2.75) is 6.92 Å². The third-order valence-corrected chi connectivity index (χ3v) is 0.940. The Bertz CT molecular complexity index is 299. The van der Waals surface area contributed by atoms with Crippen LogP contribution in [0.4, 0.5) is 0 Å². The maximum Gasteiger partial charge on any atom is 0.326 e. The number of rotatable bonds is 0. The van der Waals surface area contributed by atoms with Gasteiger partial charge in [0.2, 0.25) is 0 Å². The van der Waals surface area contributed by atoms with Gasteiger partial charge in [0.1, 0.15) is 0 Å². The van der Waals surface area contributed by atoms with Gasteiger partial charge in [-0.25, -0.2) is 0 Å². The second-order valence-corrected chi connectivity index (χ2v) is 5.35. The Labute approximate surface area is 79.4 Å². The molecule has 68 valence electrons. The lowest BCUT2D eigenvalue weighted by Crippen LogP contribution is -1.76. The van der Waals surface area contributed by atoms with Crippen molar-refractivity contribution in [2.24, 2.45) is 0 Å². The summed E-state index contributed by atoms with van der Waals surface area (Å²) in [5.41, 5.74) is 1.32. The van der Waals surface area contributed by atoms with Gasteiger partial charge in [-0.05, 0) is 6.92 Å². The number of hydrogen-bond donors (Lipinski definition) is 1. The lowest BCUT2D eigenvalue weighted by atomic mass is 10.2. The molecule has 0 unspecified atom stereocenters. The molecule has 0 bridgehead atoms. The molecule has 12 heavy (non-hydrogen) atoms. The monoisotopic (exact) mass is 252 g/mol. The van der Waals surface area contributed by atoms with Crippen molar-refractivity contribution in [3.63, 3.8) is 0 Å². The van der Waals surface area contributed by atoms with Crippen molar-refractivity contribution in [1.82, 2.24) is 0 Å². The number of benzene rings is 1. The lowest BCUT2D eigenvalue weighted by Gasteiger charge is -1.82. The van der Waals surface area contributed by atoms with E-state index in [0.717, 1.165) is 0 Å². The zero-order valence-electron chi connectivity index (χ0n) is 6.44. The highest BCUT2D eigenvalue weighted by molar-refractivity contribution is 9.46. The van der Waals surface area contributed by atoms with E-state index >= 15 is 0 Å². The summed E-state index contributed by atoms with van der Waals surface area (Å²) in [6.07, 6.45) is 0. The minimum atomic E-state index is -3.85. The summed E-state index contributed by atoms with van der Waals surface area (Å²) in [6, 6.07) is 10.3. The number of aryl methyl sites for hydroxylation is 1. The normalized spacial score (nSPS) is 9.92. The Morgan fingerprint density at radius 2 is 1.58 bits per heavy atom. The van der Waals surface area contributed by atoms with E-state index in [4.69, 9.17) is 13.0 Å².